The molecule has 0 unspecified atom stereocenters. The number of carboxylic acid groups (broad SMARTS) is 1. The van der Waals surface area contributed by atoms with Crippen LogP contribution in [-0.4, -0.2) is 20.5 Å². The van der Waals surface area contributed by atoms with Crippen molar-refractivity contribution in [2.45, 2.75) is 20.8 Å². The van der Waals surface area contributed by atoms with E-state index >= 15 is 0 Å². The van der Waals surface area contributed by atoms with Crippen LogP contribution in [0.5, 0.6) is 0 Å². The lowest BCUT2D eigenvalue weighted by molar-refractivity contribution is 0.0691. The topological polar surface area (TPSA) is 54.6 Å². The fourth-order valence-corrected chi connectivity index (χ4v) is 3.42. The van der Waals surface area contributed by atoms with Gasteiger partial charge in [0, 0.05) is 16.6 Å². The number of rotatable bonds is 2. The minimum atomic E-state index is -0.995. The molecule has 0 aliphatic rings. The Bertz CT molecular complexity index is 830. The molecule has 2 aromatic heterocycles. The molecule has 0 radical (unpaired) electrons. The first-order valence-corrected chi connectivity index (χ1v) is 7.08. The van der Waals surface area contributed by atoms with E-state index in [1.54, 1.807) is 6.20 Å². The highest BCUT2D eigenvalue weighted by molar-refractivity contribution is 7.17. The summed E-state index contributed by atoms with van der Waals surface area (Å²) in [5, 5.41) is 9.05. The fraction of sp³-hybridized carbons (Fsp3) is 0.200. The lowest BCUT2D eigenvalue weighted by Crippen LogP contribution is -1.96. The molecule has 0 amide bonds. The maximum absolute atomic E-state index is 11.0. The van der Waals surface area contributed by atoms with Crippen LogP contribution >= 0.6 is 11.3 Å². The molecule has 102 valence electrons. The highest BCUT2D eigenvalue weighted by atomic mass is 32.1. The lowest BCUT2D eigenvalue weighted by atomic mass is 10.0. The number of fused-ring (bicyclic) bond motifs is 1. The number of carbonyl (C=O) groups is 1. The van der Waals surface area contributed by atoms with Crippen molar-refractivity contribution in [1.29, 1.82) is 0 Å². The molecule has 0 aliphatic carbocycles. The zero-order valence-corrected chi connectivity index (χ0v) is 12.3. The summed E-state index contributed by atoms with van der Waals surface area (Å²) >= 11 is 1.51. The highest BCUT2D eigenvalue weighted by Gasteiger charge is 2.17. The average Bonchev–Trinajstić information content (AvgIpc) is 2.87. The monoisotopic (exact) mass is 286 g/mol. The van der Waals surface area contributed by atoms with Crippen molar-refractivity contribution in [3.63, 3.8) is 0 Å². The van der Waals surface area contributed by atoms with Crippen molar-refractivity contribution in [1.82, 2.24) is 9.38 Å². The minimum absolute atomic E-state index is 0.0854. The van der Waals surface area contributed by atoms with Crippen LogP contribution in [0.4, 0.5) is 0 Å². The summed E-state index contributed by atoms with van der Waals surface area (Å²) in [6.45, 7) is 6.17. The van der Waals surface area contributed by atoms with Gasteiger partial charge in [-0.1, -0.05) is 23.8 Å². The molecule has 0 bridgehead atoms. The summed E-state index contributed by atoms with van der Waals surface area (Å²) in [5.41, 5.74) is 4.63. The number of aromatic carboxylic acids is 1. The third kappa shape index (κ3) is 1.91. The second-order valence-electron chi connectivity index (χ2n) is 4.91. The van der Waals surface area contributed by atoms with E-state index in [1.807, 2.05) is 11.3 Å². The molecular formula is C15H14N2O2S. The van der Waals surface area contributed by atoms with Crippen LogP contribution in [0.15, 0.2) is 24.4 Å². The Morgan fingerprint density at radius 1 is 1.30 bits per heavy atom. The first kappa shape index (κ1) is 12.9. The van der Waals surface area contributed by atoms with Crippen LogP contribution in [0.3, 0.4) is 0 Å². The largest absolute Gasteiger partial charge is 0.476 e. The number of imidazole rings is 1. The fourth-order valence-electron chi connectivity index (χ4n) is 2.45. The molecule has 1 aromatic carbocycles. The van der Waals surface area contributed by atoms with Crippen LogP contribution in [0.2, 0.25) is 0 Å². The van der Waals surface area contributed by atoms with Crippen LogP contribution < -0.4 is 0 Å². The van der Waals surface area contributed by atoms with Crippen LogP contribution in [0.1, 0.15) is 26.5 Å². The molecule has 2 heterocycles. The number of hydrogen-bond acceptors (Lipinski definition) is 3. The van der Waals surface area contributed by atoms with Gasteiger partial charge in [0.15, 0.2) is 10.7 Å². The summed E-state index contributed by atoms with van der Waals surface area (Å²) in [5.74, 6) is -0.995. The molecule has 1 N–H and O–H groups in total. The lowest BCUT2D eigenvalue weighted by Gasteiger charge is -2.07. The van der Waals surface area contributed by atoms with Crippen molar-refractivity contribution < 1.29 is 9.90 Å². The van der Waals surface area contributed by atoms with Crippen LogP contribution in [-0.2, 0) is 0 Å². The number of hydrogen-bond donors (Lipinski definition) is 1. The predicted octanol–water partition coefficient (Wildman–Crippen LogP) is 3.69. The summed E-state index contributed by atoms with van der Waals surface area (Å²) < 4.78 is 1.88. The molecule has 0 atom stereocenters. The number of benzene rings is 1. The van der Waals surface area contributed by atoms with E-state index in [9.17, 15) is 4.79 Å². The number of aryl methyl sites for hydroxylation is 3. The predicted molar refractivity (Wildman–Crippen MR) is 79.7 cm³/mol. The highest BCUT2D eigenvalue weighted by Crippen LogP contribution is 2.33. The molecule has 20 heavy (non-hydrogen) atoms. The molecule has 0 spiro atoms. The van der Waals surface area contributed by atoms with Gasteiger partial charge >= 0.3 is 5.97 Å². The van der Waals surface area contributed by atoms with E-state index in [2.05, 4.69) is 37.0 Å². The van der Waals surface area contributed by atoms with Crippen molar-refractivity contribution in [2.24, 2.45) is 0 Å². The van der Waals surface area contributed by atoms with Crippen molar-refractivity contribution in [3.05, 3.63) is 46.1 Å². The zero-order valence-electron chi connectivity index (χ0n) is 11.5. The van der Waals surface area contributed by atoms with Crippen molar-refractivity contribution in [2.75, 3.05) is 0 Å². The standard InChI is InChI=1S/C15H14N2O2S/c1-8-4-5-11(9(2)6-8)13-10(3)20-15-16-12(14(18)19)7-17(13)15/h4-7H,1-3H3,(H,18,19). The Morgan fingerprint density at radius 3 is 2.70 bits per heavy atom. The smallest absolute Gasteiger partial charge is 0.356 e. The molecule has 3 aromatic rings. The number of thiazole rings is 1. The maximum Gasteiger partial charge on any atom is 0.356 e. The third-order valence-corrected chi connectivity index (χ3v) is 4.32. The normalized spacial score (nSPS) is 11.2. The number of aromatic nitrogens is 2. The SMILES string of the molecule is Cc1ccc(-c2c(C)sc3nc(C(=O)O)cn23)c(C)c1. The minimum Gasteiger partial charge on any atom is -0.476 e. The van der Waals surface area contributed by atoms with Crippen molar-refractivity contribution in [3.8, 4) is 11.3 Å². The number of nitrogens with zero attached hydrogens (tertiary/aromatic N) is 2. The Morgan fingerprint density at radius 2 is 2.05 bits per heavy atom. The van der Waals surface area contributed by atoms with E-state index in [-0.39, 0.29) is 5.69 Å². The van der Waals surface area contributed by atoms with Gasteiger partial charge in [0.1, 0.15) is 0 Å². The maximum atomic E-state index is 11.0. The van der Waals surface area contributed by atoms with Crippen molar-refractivity contribution >= 4 is 22.3 Å². The second-order valence-corrected chi connectivity index (χ2v) is 6.09. The first-order valence-electron chi connectivity index (χ1n) is 6.27. The van der Waals surface area contributed by atoms with E-state index in [0.717, 1.165) is 21.1 Å². The van der Waals surface area contributed by atoms with Gasteiger partial charge in [0.2, 0.25) is 0 Å². The zero-order chi connectivity index (χ0) is 14.4. The van der Waals surface area contributed by atoms with Gasteiger partial charge in [-0.25, -0.2) is 9.78 Å². The summed E-state index contributed by atoms with van der Waals surface area (Å²) in [7, 11) is 0. The van der Waals surface area contributed by atoms with Gasteiger partial charge in [0.05, 0.1) is 5.69 Å². The Labute approximate surface area is 120 Å². The van der Waals surface area contributed by atoms with E-state index in [4.69, 9.17) is 5.11 Å². The Kier molecular flexibility index (Phi) is 2.87. The van der Waals surface area contributed by atoms with Gasteiger partial charge < -0.3 is 5.11 Å². The summed E-state index contributed by atoms with van der Waals surface area (Å²) in [6, 6.07) is 6.28. The van der Waals surface area contributed by atoms with Crippen LogP contribution in [0.25, 0.3) is 16.2 Å². The molecule has 0 saturated carbocycles. The van der Waals surface area contributed by atoms with Gasteiger partial charge in [-0.3, -0.25) is 4.40 Å². The van der Waals surface area contributed by atoms with E-state index < -0.39 is 5.97 Å². The van der Waals surface area contributed by atoms with E-state index in [1.165, 1.54) is 22.5 Å². The van der Waals surface area contributed by atoms with Crippen LogP contribution in [0, 0.1) is 20.8 Å². The Balaban J connectivity index is 2.29. The summed E-state index contributed by atoms with van der Waals surface area (Å²) in [4.78, 5) is 17.0. The quantitative estimate of drug-likeness (QED) is 0.781. The van der Waals surface area contributed by atoms with Gasteiger partial charge in [-0.2, -0.15) is 0 Å². The molecule has 3 rings (SSSR count). The second kappa shape index (κ2) is 4.45. The van der Waals surface area contributed by atoms with Gasteiger partial charge in [-0.05, 0) is 26.3 Å². The Hall–Kier alpha value is -2.14. The molecule has 4 nitrogen and oxygen atoms in total. The first-order chi connectivity index (χ1) is 9.47. The molecule has 0 fully saturated rings. The van der Waals surface area contributed by atoms with Gasteiger partial charge in [0.25, 0.3) is 0 Å². The number of carboxylic acids is 1. The molecule has 0 aliphatic heterocycles. The van der Waals surface area contributed by atoms with E-state index in [0.29, 0.717) is 0 Å². The third-order valence-electron chi connectivity index (χ3n) is 3.35. The van der Waals surface area contributed by atoms with Gasteiger partial charge in [-0.15, -0.1) is 11.3 Å². The average molecular weight is 286 g/mol. The molecule has 5 heteroatoms. The summed E-state index contributed by atoms with van der Waals surface area (Å²) in [6.07, 6.45) is 1.59. The molecular weight excluding hydrogens is 272 g/mol. The molecule has 0 saturated heterocycles.